The molecule has 4 fully saturated rings. The lowest BCUT2D eigenvalue weighted by Gasteiger charge is -2.60. The number of hydrogen-bond acceptors (Lipinski definition) is 3. The molecule has 3 nitrogen and oxygen atoms in total. The number of benzene rings is 1. The van der Waals surface area contributed by atoms with Gasteiger partial charge in [0.15, 0.2) is 0 Å². The van der Waals surface area contributed by atoms with Crippen molar-refractivity contribution >= 4 is 5.97 Å². The minimum atomic E-state index is -0.457. The van der Waals surface area contributed by atoms with Gasteiger partial charge in [0.2, 0.25) is 0 Å². The largest absolute Gasteiger partial charge is 0.487 e. The summed E-state index contributed by atoms with van der Waals surface area (Å²) in [4.78, 5) is 12.3. The molecular formula is C24H34O3. The van der Waals surface area contributed by atoms with Crippen LogP contribution in [-0.4, -0.2) is 11.6 Å². The van der Waals surface area contributed by atoms with Crippen molar-refractivity contribution in [3.05, 3.63) is 24.3 Å². The Morgan fingerprint density at radius 2 is 1.48 bits per heavy atom. The SMILES string of the molecule is CCC(C)(C)C(=O)Oc1ccc(OC2(CC)C3CC4CC(C3)CC2C4)cc1. The molecule has 0 saturated heterocycles. The molecule has 4 bridgehead atoms. The summed E-state index contributed by atoms with van der Waals surface area (Å²) in [6.07, 6.45) is 8.71. The lowest BCUT2D eigenvalue weighted by Crippen LogP contribution is -2.60. The fraction of sp³-hybridized carbons (Fsp3) is 0.708. The fourth-order valence-corrected chi connectivity index (χ4v) is 5.98. The van der Waals surface area contributed by atoms with E-state index in [1.54, 1.807) is 0 Å². The van der Waals surface area contributed by atoms with Gasteiger partial charge in [-0.15, -0.1) is 0 Å². The van der Waals surface area contributed by atoms with E-state index in [0.717, 1.165) is 30.4 Å². The lowest BCUT2D eigenvalue weighted by molar-refractivity contribution is -0.157. The Kier molecular flexibility index (Phi) is 4.76. The standard InChI is InChI=1S/C24H34O3/c1-5-23(3,4)22(25)26-20-7-9-21(10-8-20)27-24(6-2)18-12-16-11-17(14-18)15-19(24)13-16/h7-10,16-19H,5-6,11-15H2,1-4H3. The third kappa shape index (κ3) is 3.28. The van der Waals surface area contributed by atoms with Crippen LogP contribution in [0.5, 0.6) is 11.5 Å². The number of rotatable bonds is 6. The molecule has 4 aliphatic rings. The normalized spacial score (nSPS) is 34.5. The third-order valence-electron chi connectivity index (χ3n) is 7.85. The molecule has 148 valence electrons. The van der Waals surface area contributed by atoms with Gasteiger partial charge in [-0.2, -0.15) is 0 Å². The van der Waals surface area contributed by atoms with Crippen LogP contribution < -0.4 is 9.47 Å². The summed E-state index contributed by atoms with van der Waals surface area (Å²) in [5.41, 5.74) is -0.447. The van der Waals surface area contributed by atoms with Gasteiger partial charge in [0.25, 0.3) is 0 Å². The first-order valence-electron chi connectivity index (χ1n) is 10.9. The molecule has 5 rings (SSSR count). The highest BCUT2D eigenvalue weighted by molar-refractivity contribution is 5.78. The maximum Gasteiger partial charge on any atom is 0.316 e. The molecule has 0 N–H and O–H groups in total. The predicted molar refractivity (Wildman–Crippen MR) is 107 cm³/mol. The molecule has 4 aliphatic carbocycles. The van der Waals surface area contributed by atoms with Crippen LogP contribution in [0.1, 0.15) is 72.6 Å². The first kappa shape index (κ1) is 18.8. The first-order chi connectivity index (χ1) is 12.9. The average molecular weight is 371 g/mol. The molecule has 0 spiro atoms. The second-order valence-corrected chi connectivity index (χ2v) is 9.81. The van der Waals surface area contributed by atoms with Crippen LogP contribution in [0, 0.1) is 29.1 Å². The summed E-state index contributed by atoms with van der Waals surface area (Å²) in [5, 5.41) is 0. The van der Waals surface area contributed by atoms with Crippen LogP contribution in [0.2, 0.25) is 0 Å². The first-order valence-corrected chi connectivity index (χ1v) is 10.9. The Hall–Kier alpha value is -1.51. The van der Waals surface area contributed by atoms with E-state index in [2.05, 4.69) is 6.92 Å². The molecular weight excluding hydrogens is 336 g/mol. The van der Waals surface area contributed by atoms with Crippen LogP contribution >= 0.6 is 0 Å². The monoisotopic (exact) mass is 370 g/mol. The maximum absolute atomic E-state index is 12.3. The van der Waals surface area contributed by atoms with E-state index in [0.29, 0.717) is 17.6 Å². The minimum absolute atomic E-state index is 0.00974. The van der Waals surface area contributed by atoms with Crippen LogP contribution in [0.4, 0.5) is 0 Å². The molecule has 1 aromatic rings. The van der Waals surface area contributed by atoms with Crippen molar-refractivity contribution < 1.29 is 14.3 Å². The Balaban J connectivity index is 1.47. The highest BCUT2D eigenvalue weighted by Gasteiger charge is 2.58. The molecule has 27 heavy (non-hydrogen) atoms. The summed E-state index contributed by atoms with van der Waals surface area (Å²) in [5.74, 6) is 4.65. The molecule has 4 saturated carbocycles. The number of carbonyl (C=O) groups is 1. The second kappa shape index (κ2) is 6.83. The van der Waals surface area contributed by atoms with E-state index in [-0.39, 0.29) is 11.6 Å². The van der Waals surface area contributed by atoms with Crippen molar-refractivity contribution in [1.82, 2.24) is 0 Å². The average Bonchev–Trinajstić information content (AvgIpc) is 2.65. The van der Waals surface area contributed by atoms with Gasteiger partial charge in [-0.25, -0.2) is 0 Å². The molecule has 0 radical (unpaired) electrons. The van der Waals surface area contributed by atoms with E-state index < -0.39 is 5.41 Å². The van der Waals surface area contributed by atoms with E-state index >= 15 is 0 Å². The van der Waals surface area contributed by atoms with Gasteiger partial charge in [0.1, 0.15) is 17.1 Å². The lowest BCUT2D eigenvalue weighted by atomic mass is 9.49. The van der Waals surface area contributed by atoms with Crippen molar-refractivity contribution in [3.8, 4) is 11.5 Å². The summed E-state index contributed by atoms with van der Waals surface area (Å²) in [6, 6.07) is 7.70. The van der Waals surface area contributed by atoms with E-state index in [4.69, 9.17) is 9.47 Å². The summed E-state index contributed by atoms with van der Waals surface area (Å²) in [7, 11) is 0. The predicted octanol–water partition coefficient (Wildman–Crippen LogP) is 6.01. The Morgan fingerprint density at radius 3 is 1.96 bits per heavy atom. The number of esters is 1. The maximum atomic E-state index is 12.3. The van der Waals surface area contributed by atoms with Gasteiger partial charge in [-0.1, -0.05) is 13.8 Å². The van der Waals surface area contributed by atoms with Crippen LogP contribution in [0.15, 0.2) is 24.3 Å². The minimum Gasteiger partial charge on any atom is -0.487 e. The highest BCUT2D eigenvalue weighted by Crippen LogP contribution is 2.60. The molecule has 0 aromatic heterocycles. The smallest absolute Gasteiger partial charge is 0.316 e. The van der Waals surface area contributed by atoms with Gasteiger partial charge in [0.05, 0.1) is 5.41 Å². The van der Waals surface area contributed by atoms with Gasteiger partial charge in [-0.3, -0.25) is 4.79 Å². The van der Waals surface area contributed by atoms with Crippen LogP contribution in [0.3, 0.4) is 0 Å². The summed E-state index contributed by atoms with van der Waals surface area (Å²) < 4.78 is 12.3. The summed E-state index contributed by atoms with van der Waals surface area (Å²) in [6.45, 7) is 8.15. The molecule has 0 heterocycles. The van der Waals surface area contributed by atoms with Gasteiger partial charge < -0.3 is 9.47 Å². The Bertz CT molecular complexity index is 660. The van der Waals surface area contributed by atoms with Gasteiger partial charge in [0, 0.05) is 0 Å². The molecule has 0 atom stereocenters. The van der Waals surface area contributed by atoms with Gasteiger partial charge >= 0.3 is 5.97 Å². The molecule has 3 heteroatoms. The zero-order chi connectivity index (χ0) is 19.2. The molecule has 0 unspecified atom stereocenters. The number of hydrogen-bond donors (Lipinski definition) is 0. The number of carbonyl (C=O) groups excluding carboxylic acids is 1. The van der Waals surface area contributed by atoms with Gasteiger partial charge in [-0.05, 0) is 107 Å². The topological polar surface area (TPSA) is 35.5 Å². The van der Waals surface area contributed by atoms with E-state index in [1.807, 2.05) is 45.0 Å². The highest BCUT2D eigenvalue weighted by atomic mass is 16.5. The zero-order valence-electron chi connectivity index (χ0n) is 17.3. The van der Waals surface area contributed by atoms with E-state index in [1.165, 1.54) is 32.1 Å². The zero-order valence-corrected chi connectivity index (χ0v) is 17.3. The Labute approximate surface area is 163 Å². The fourth-order valence-electron chi connectivity index (χ4n) is 5.98. The Morgan fingerprint density at radius 1 is 0.963 bits per heavy atom. The summed E-state index contributed by atoms with van der Waals surface area (Å²) >= 11 is 0. The van der Waals surface area contributed by atoms with E-state index in [9.17, 15) is 4.79 Å². The van der Waals surface area contributed by atoms with Crippen molar-refractivity contribution in [2.24, 2.45) is 29.1 Å². The van der Waals surface area contributed by atoms with Crippen molar-refractivity contribution in [2.75, 3.05) is 0 Å². The van der Waals surface area contributed by atoms with Crippen molar-refractivity contribution in [3.63, 3.8) is 0 Å². The van der Waals surface area contributed by atoms with Crippen molar-refractivity contribution in [1.29, 1.82) is 0 Å². The third-order valence-corrected chi connectivity index (χ3v) is 7.85. The number of ether oxygens (including phenoxy) is 2. The molecule has 1 aromatic carbocycles. The molecule has 0 amide bonds. The molecule has 0 aliphatic heterocycles. The second-order valence-electron chi connectivity index (χ2n) is 9.81. The quantitative estimate of drug-likeness (QED) is 0.454. The van der Waals surface area contributed by atoms with Crippen LogP contribution in [0.25, 0.3) is 0 Å². The van der Waals surface area contributed by atoms with Crippen molar-refractivity contribution in [2.45, 2.75) is 78.2 Å². The van der Waals surface area contributed by atoms with Crippen LogP contribution in [-0.2, 0) is 4.79 Å².